The van der Waals surface area contributed by atoms with Gasteiger partial charge in [0.15, 0.2) is 11.6 Å². The van der Waals surface area contributed by atoms with Crippen molar-refractivity contribution in [3.63, 3.8) is 0 Å². The highest BCUT2D eigenvalue weighted by Crippen LogP contribution is 2.34. The van der Waals surface area contributed by atoms with Crippen LogP contribution in [0.15, 0.2) is 24.5 Å². The van der Waals surface area contributed by atoms with Crippen molar-refractivity contribution in [3.8, 4) is 11.1 Å². The van der Waals surface area contributed by atoms with Crippen molar-refractivity contribution in [2.24, 2.45) is 0 Å². The van der Waals surface area contributed by atoms with E-state index in [9.17, 15) is 13.6 Å². The van der Waals surface area contributed by atoms with Crippen LogP contribution in [0.5, 0.6) is 0 Å². The molecule has 4 rings (SSSR count). The molecule has 1 unspecified atom stereocenters. The zero-order valence-electron chi connectivity index (χ0n) is 15.5. The number of piperidine rings is 1. The first kappa shape index (κ1) is 18.9. The minimum atomic E-state index is -0.973. The van der Waals surface area contributed by atoms with E-state index in [4.69, 9.17) is 9.84 Å². The third-order valence-electron chi connectivity index (χ3n) is 5.68. The second-order valence-corrected chi connectivity index (χ2v) is 7.40. The highest BCUT2D eigenvalue weighted by molar-refractivity contribution is 5.65. The molecule has 2 saturated heterocycles. The van der Waals surface area contributed by atoms with Crippen LogP contribution in [0.4, 0.5) is 13.6 Å². The van der Waals surface area contributed by atoms with E-state index in [1.54, 1.807) is 23.0 Å². The molecule has 1 atom stereocenters. The summed E-state index contributed by atoms with van der Waals surface area (Å²) in [6.07, 6.45) is 5.99. The zero-order chi connectivity index (χ0) is 19.7. The van der Waals surface area contributed by atoms with Crippen LogP contribution in [0.25, 0.3) is 11.1 Å². The molecule has 150 valence electrons. The van der Waals surface area contributed by atoms with E-state index in [2.05, 4.69) is 5.10 Å². The van der Waals surface area contributed by atoms with Crippen LogP contribution in [0.1, 0.15) is 49.8 Å². The highest BCUT2D eigenvalue weighted by atomic mass is 19.2. The van der Waals surface area contributed by atoms with Gasteiger partial charge in [-0.1, -0.05) is 12.1 Å². The maximum absolute atomic E-state index is 14.8. The normalized spacial score (nSPS) is 21.1. The van der Waals surface area contributed by atoms with Gasteiger partial charge >= 0.3 is 6.09 Å². The highest BCUT2D eigenvalue weighted by Gasteiger charge is 2.27. The summed E-state index contributed by atoms with van der Waals surface area (Å²) in [6.45, 7) is 1.34. The van der Waals surface area contributed by atoms with Gasteiger partial charge in [0.25, 0.3) is 0 Å². The molecule has 2 aliphatic heterocycles. The first-order valence-electron chi connectivity index (χ1n) is 9.66. The standard InChI is InChI=1S/C20H23F2N3O3/c21-18-15(13-6-8-24(9-7-13)20(26)27)4-5-16(19(18)22)14-11-23-25(12-14)17-3-1-2-10-28-17/h4-5,11-13,17H,1-3,6-10H2,(H,26,27). The fourth-order valence-corrected chi connectivity index (χ4v) is 4.05. The van der Waals surface area contributed by atoms with Crippen LogP contribution in [0.3, 0.4) is 0 Å². The summed E-state index contributed by atoms with van der Waals surface area (Å²) in [5.74, 6) is -1.92. The van der Waals surface area contributed by atoms with Gasteiger partial charge in [0.1, 0.15) is 6.23 Å². The van der Waals surface area contributed by atoms with E-state index in [0.717, 1.165) is 19.3 Å². The molecule has 2 aliphatic rings. The van der Waals surface area contributed by atoms with Crippen LogP contribution >= 0.6 is 0 Å². The quantitative estimate of drug-likeness (QED) is 0.843. The summed E-state index contributed by atoms with van der Waals surface area (Å²) in [5.41, 5.74) is 0.999. The van der Waals surface area contributed by atoms with Gasteiger partial charge in [-0.15, -0.1) is 0 Å². The van der Waals surface area contributed by atoms with Gasteiger partial charge in [0, 0.05) is 37.0 Å². The lowest BCUT2D eigenvalue weighted by atomic mass is 9.88. The Morgan fingerprint density at radius 2 is 1.93 bits per heavy atom. The van der Waals surface area contributed by atoms with Crippen molar-refractivity contribution in [2.75, 3.05) is 19.7 Å². The van der Waals surface area contributed by atoms with Crippen LogP contribution in [-0.2, 0) is 4.74 Å². The van der Waals surface area contributed by atoms with E-state index in [0.29, 0.717) is 43.7 Å². The summed E-state index contributed by atoms with van der Waals surface area (Å²) in [5, 5.41) is 13.3. The van der Waals surface area contributed by atoms with Crippen LogP contribution in [-0.4, -0.2) is 45.6 Å². The summed E-state index contributed by atoms with van der Waals surface area (Å²) in [4.78, 5) is 12.3. The lowest BCUT2D eigenvalue weighted by Crippen LogP contribution is -2.37. The lowest BCUT2D eigenvalue weighted by molar-refractivity contribution is -0.0394. The molecule has 1 aromatic carbocycles. The Balaban J connectivity index is 1.53. The van der Waals surface area contributed by atoms with Gasteiger partial charge in [-0.05, 0) is 43.6 Å². The Bertz CT molecular complexity index is 856. The van der Waals surface area contributed by atoms with Crippen LogP contribution in [0, 0.1) is 11.6 Å². The number of nitrogens with zero attached hydrogens (tertiary/aromatic N) is 3. The van der Waals surface area contributed by atoms with Crippen molar-refractivity contribution in [2.45, 2.75) is 44.2 Å². The maximum atomic E-state index is 14.8. The van der Waals surface area contributed by atoms with Crippen LogP contribution in [0.2, 0.25) is 0 Å². The number of carboxylic acid groups (broad SMARTS) is 1. The number of hydrogen-bond donors (Lipinski definition) is 1. The SMILES string of the molecule is O=C(O)N1CCC(c2ccc(-c3cnn(C4CCCCO4)c3)c(F)c2F)CC1. The largest absolute Gasteiger partial charge is 0.465 e. The molecule has 1 amide bonds. The summed E-state index contributed by atoms with van der Waals surface area (Å²) >= 11 is 0. The fraction of sp³-hybridized carbons (Fsp3) is 0.500. The third kappa shape index (κ3) is 3.61. The second-order valence-electron chi connectivity index (χ2n) is 7.40. The molecule has 1 aromatic heterocycles. The van der Waals surface area contributed by atoms with Gasteiger partial charge in [-0.25, -0.2) is 18.3 Å². The van der Waals surface area contributed by atoms with E-state index < -0.39 is 17.7 Å². The third-order valence-corrected chi connectivity index (χ3v) is 5.68. The zero-order valence-corrected chi connectivity index (χ0v) is 15.5. The van der Waals surface area contributed by atoms with Gasteiger partial charge in [0.05, 0.1) is 6.20 Å². The number of rotatable bonds is 3. The molecule has 6 nitrogen and oxygen atoms in total. The molecule has 1 N–H and O–H groups in total. The number of halogens is 2. The minimum absolute atomic E-state index is 0.158. The summed E-state index contributed by atoms with van der Waals surface area (Å²) in [6, 6.07) is 3.20. The van der Waals surface area contributed by atoms with Gasteiger partial charge in [-0.2, -0.15) is 5.10 Å². The predicted octanol–water partition coefficient (Wildman–Crippen LogP) is 4.38. The Labute approximate surface area is 161 Å². The average Bonchev–Trinajstić information content (AvgIpc) is 3.21. The first-order valence-corrected chi connectivity index (χ1v) is 9.66. The molecule has 0 radical (unpaired) electrons. The Hall–Kier alpha value is -2.48. The topological polar surface area (TPSA) is 67.6 Å². The minimum Gasteiger partial charge on any atom is -0.465 e. The van der Waals surface area contributed by atoms with E-state index in [1.165, 1.54) is 11.1 Å². The first-order chi connectivity index (χ1) is 13.5. The molecule has 0 aliphatic carbocycles. The molecule has 2 aromatic rings. The fourth-order valence-electron chi connectivity index (χ4n) is 4.05. The van der Waals surface area contributed by atoms with Crippen molar-refractivity contribution < 1.29 is 23.4 Å². The number of carbonyl (C=O) groups is 1. The molecule has 28 heavy (non-hydrogen) atoms. The van der Waals surface area contributed by atoms with Crippen molar-refractivity contribution >= 4 is 6.09 Å². The monoisotopic (exact) mass is 391 g/mol. The molecule has 0 spiro atoms. The number of likely N-dealkylation sites (tertiary alicyclic amines) is 1. The molecule has 8 heteroatoms. The molecule has 3 heterocycles. The Morgan fingerprint density at radius 1 is 1.14 bits per heavy atom. The van der Waals surface area contributed by atoms with Crippen LogP contribution < -0.4 is 0 Å². The molecular weight excluding hydrogens is 368 g/mol. The molecular formula is C20H23F2N3O3. The van der Waals surface area contributed by atoms with Crippen molar-refractivity contribution in [1.29, 1.82) is 0 Å². The predicted molar refractivity (Wildman–Crippen MR) is 98.0 cm³/mol. The maximum Gasteiger partial charge on any atom is 0.407 e. The number of ether oxygens (including phenoxy) is 1. The Kier molecular flexibility index (Phi) is 5.30. The average molecular weight is 391 g/mol. The van der Waals surface area contributed by atoms with Crippen molar-refractivity contribution in [3.05, 3.63) is 41.7 Å². The number of amides is 1. The van der Waals surface area contributed by atoms with E-state index >= 15 is 0 Å². The van der Waals surface area contributed by atoms with Gasteiger partial charge < -0.3 is 14.7 Å². The Morgan fingerprint density at radius 3 is 2.61 bits per heavy atom. The molecule has 0 saturated carbocycles. The van der Waals surface area contributed by atoms with Crippen molar-refractivity contribution in [1.82, 2.24) is 14.7 Å². The number of aromatic nitrogens is 2. The van der Waals surface area contributed by atoms with Gasteiger partial charge in [0.2, 0.25) is 0 Å². The summed E-state index contributed by atoms with van der Waals surface area (Å²) in [7, 11) is 0. The van der Waals surface area contributed by atoms with Gasteiger partial charge in [-0.3, -0.25) is 0 Å². The number of hydrogen-bond acceptors (Lipinski definition) is 3. The molecule has 0 bridgehead atoms. The molecule has 2 fully saturated rings. The number of benzene rings is 1. The lowest BCUT2D eigenvalue weighted by Gasteiger charge is -2.30. The summed E-state index contributed by atoms with van der Waals surface area (Å²) < 4.78 is 37.0. The van der Waals surface area contributed by atoms with E-state index in [1.807, 2.05) is 0 Å². The smallest absolute Gasteiger partial charge is 0.407 e. The second kappa shape index (κ2) is 7.87. The van der Waals surface area contributed by atoms with E-state index in [-0.39, 0.29) is 17.7 Å².